The Kier molecular flexibility index (Phi) is 5.88. The highest BCUT2D eigenvalue weighted by atomic mass is 19.1. The number of hydrogen-bond acceptors (Lipinski definition) is 4. The lowest BCUT2D eigenvalue weighted by Crippen LogP contribution is -2.34. The molecule has 0 saturated heterocycles. The molecule has 6 nitrogen and oxygen atoms in total. The summed E-state index contributed by atoms with van der Waals surface area (Å²) in [4.78, 5) is 20.3. The van der Waals surface area contributed by atoms with Crippen LogP contribution >= 0.6 is 0 Å². The third-order valence-electron chi connectivity index (χ3n) is 3.69. The van der Waals surface area contributed by atoms with Crippen molar-refractivity contribution < 1.29 is 18.3 Å². The molecule has 1 atom stereocenters. The van der Waals surface area contributed by atoms with Crippen LogP contribution in [0.2, 0.25) is 0 Å². The van der Waals surface area contributed by atoms with Gasteiger partial charge in [-0.15, -0.1) is 0 Å². The predicted octanol–water partition coefficient (Wildman–Crippen LogP) is 3.83. The van der Waals surface area contributed by atoms with Gasteiger partial charge in [0.05, 0.1) is 11.9 Å². The molecule has 27 heavy (non-hydrogen) atoms. The Balaban J connectivity index is 1.86. The van der Waals surface area contributed by atoms with Crippen molar-refractivity contribution in [2.45, 2.75) is 6.04 Å². The number of pyridine rings is 2. The van der Waals surface area contributed by atoms with Crippen molar-refractivity contribution in [1.29, 1.82) is 0 Å². The molecule has 0 aliphatic carbocycles. The van der Waals surface area contributed by atoms with Gasteiger partial charge in [-0.1, -0.05) is 12.1 Å². The van der Waals surface area contributed by atoms with Crippen molar-refractivity contribution in [2.75, 3.05) is 12.2 Å². The van der Waals surface area contributed by atoms with Crippen molar-refractivity contribution in [1.82, 2.24) is 15.3 Å². The van der Waals surface area contributed by atoms with E-state index in [9.17, 15) is 13.6 Å². The maximum Gasteiger partial charge on any atom is 0.320 e. The number of alkyl halides is 1. The van der Waals surface area contributed by atoms with Gasteiger partial charge in [0.15, 0.2) is 0 Å². The zero-order valence-corrected chi connectivity index (χ0v) is 14.1. The van der Waals surface area contributed by atoms with E-state index in [4.69, 9.17) is 4.74 Å². The van der Waals surface area contributed by atoms with E-state index < -0.39 is 24.8 Å². The molecule has 0 radical (unpaired) electrons. The van der Waals surface area contributed by atoms with Crippen LogP contribution in [0.4, 0.5) is 19.3 Å². The van der Waals surface area contributed by atoms with Gasteiger partial charge in [0.2, 0.25) is 6.86 Å². The normalized spacial score (nSPS) is 11.5. The number of carbonyl (C=O) groups excluding carboxylic acids is 1. The Morgan fingerprint density at radius 1 is 1.11 bits per heavy atom. The van der Waals surface area contributed by atoms with Gasteiger partial charge in [-0.05, 0) is 42.0 Å². The molecule has 3 aromatic rings. The minimum absolute atomic E-state index is 0.0537. The highest BCUT2D eigenvalue weighted by molar-refractivity contribution is 5.89. The minimum atomic E-state index is -0.955. The van der Waals surface area contributed by atoms with E-state index in [1.165, 1.54) is 36.7 Å². The van der Waals surface area contributed by atoms with Gasteiger partial charge in [-0.25, -0.2) is 13.6 Å². The highest BCUT2D eigenvalue weighted by Gasteiger charge is 2.21. The quantitative estimate of drug-likeness (QED) is 0.691. The first-order valence-electron chi connectivity index (χ1n) is 8.04. The molecular weight excluding hydrogens is 354 g/mol. The summed E-state index contributed by atoms with van der Waals surface area (Å²) in [5.74, 6) is -0.241. The topological polar surface area (TPSA) is 76.1 Å². The zero-order valence-electron chi connectivity index (χ0n) is 14.1. The summed E-state index contributed by atoms with van der Waals surface area (Å²) in [5, 5.41) is 5.32. The minimum Gasteiger partial charge on any atom is -0.463 e. The van der Waals surface area contributed by atoms with E-state index in [1.807, 2.05) is 0 Å². The molecule has 8 heteroatoms. The van der Waals surface area contributed by atoms with Crippen molar-refractivity contribution in [2.24, 2.45) is 0 Å². The molecule has 0 saturated carbocycles. The monoisotopic (exact) mass is 370 g/mol. The number of benzene rings is 1. The van der Waals surface area contributed by atoms with Gasteiger partial charge in [0, 0.05) is 12.4 Å². The maximum atomic E-state index is 14.3. The van der Waals surface area contributed by atoms with E-state index in [0.717, 1.165) is 0 Å². The number of aromatic nitrogens is 2. The van der Waals surface area contributed by atoms with Crippen molar-refractivity contribution in [3.05, 3.63) is 84.2 Å². The van der Waals surface area contributed by atoms with Gasteiger partial charge in [0.25, 0.3) is 0 Å². The van der Waals surface area contributed by atoms with Crippen molar-refractivity contribution >= 4 is 11.7 Å². The van der Waals surface area contributed by atoms with Crippen LogP contribution in [0.15, 0.2) is 67.1 Å². The van der Waals surface area contributed by atoms with Crippen molar-refractivity contribution in [3.8, 4) is 5.75 Å². The standard InChI is InChI=1S/C19H16F2N4O2/c20-12-27-15-7-5-13(6-8-15)17(18-16(21)4-2-10-23-18)25-19(26)24-14-3-1-9-22-11-14/h1-11,17H,12H2,(H2,24,25,26)/t17-/m0/s1. The number of ether oxygens (including phenoxy) is 1. The Bertz CT molecular complexity index is 892. The number of hydrogen-bond donors (Lipinski definition) is 2. The molecule has 2 N–H and O–H groups in total. The molecule has 0 spiro atoms. The Hall–Kier alpha value is -3.55. The Labute approximate surface area is 154 Å². The molecule has 0 unspecified atom stereocenters. The number of urea groups is 1. The summed E-state index contributed by atoms with van der Waals surface area (Å²) in [6.07, 6.45) is 4.50. The van der Waals surface area contributed by atoms with Crippen LogP contribution in [-0.4, -0.2) is 22.9 Å². The predicted molar refractivity (Wildman–Crippen MR) is 95.5 cm³/mol. The second-order valence-corrected chi connectivity index (χ2v) is 5.47. The largest absolute Gasteiger partial charge is 0.463 e. The van der Waals surface area contributed by atoms with Gasteiger partial charge >= 0.3 is 6.03 Å². The molecule has 0 aliphatic heterocycles. The molecule has 0 aliphatic rings. The Morgan fingerprint density at radius 2 is 1.89 bits per heavy atom. The number of nitrogens with zero attached hydrogens (tertiary/aromatic N) is 2. The lowest BCUT2D eigenvalue weighted by Gasteiger charge is -2.20. The lowest BCUT2D eigenvalue weighted by molar-refractivity contribution is 0.191. The molecule has 2 heterocycles. The fourth-order valence-electron chi connectivity index (χ4n) is 2.47. The fourth-order valence-corrected chi connectivity index (χ4v) is 2.47. The summed E-state index contributed by atoms with van der Waals surface area (Å²) in [6.45, 7) is -0.955. The molecule has 1 aromatic carbocycles. The van der Waals surface area contributed by atoms with Crippen LogP contribution in [-0.2, 0) is 0 Å². The SMILES string of the molecule is O=C(Nc1cccnc1)N[C@@H](c1ccc(OCF)cc1)c1ncccc1F. The first-order chi connectivity index (χ1) is 13.2. The molecule has 0 bridgehead atoms. The first-order valence-corrected chi connectivity index (χ1v) is 8.04. The second-order valence-electron chi connectivity index (χ2n) is 5.47. The Morgan fingerprint density at radius 3 is 2.56 bits per heavy atom. The summed E-state index contributed by atoms with van der Waals surface area (Å²) in [6, 6.07) is 10.9. The van der Waals surface area contributed by atoms with Crippen LogP contribution in [0.5, 0.6) is 5.75 Å². The number of amides is 2. The zero-order chi connectivity index (χ0) is 19.1. The third-order valence-corrected chi connectivity index (χ3v) is 3.69. The fraction of sp³-hybridized carbons (Fsp3) is 0.105. The van der Waals surface area contributed by atoms with Crippen LogP contribution in [0.1, 0.15) is 17.3 Å². The molecule has 0 fully saturated rings. The lowest BCUT2D eigenvalue weighted by atomic mass is 10.0. The molecule has 2 amide bonds. The summed E-state index contributed by atoms with van der Waals surface area (Å²) in [7, 11) is 0. The third kappa shape index (κ3) is 4.75. The van der Waals surface area contributed by atoms with Crippen LogP contribution < -0.4 is 15.4 Å². The smallest absolute Gasteiger partial charge is 0.320 e. The van der Waals surface area contributed by atoms with Gasteiger partial charge in [-0.2, -0.15) is 0 Å². The maximum absolute atomic E-state index is 14.3. The summed E-state index contributed by atoms with van der Waals surface area (Å²) >= 11 is 0. The molecule has 2 aromatic heterocycles. The first kappa shape index (κ1) is 18.2. The van der Waals surface area contributed by atoms with Gasteiger partial charge in [0.1, 0.15) is 23.3 Å². The number of carbonyl (C=O) groups is 1. The van der Waals surface area contributed by atoms with E-state index in [-0.39, 0.29) is 5.69 Å². The molecule has 138 valence electrons. The highest BCUT2D eigenvalue weighted by Crippen LogP contribution is 2.25. The average molecular weight is 370 g/mol. The van der Waals surface area contributed by atoms with E-state index in [0.29, 0.717) is 17.0 Å². The molecule has 3 rings (SSSR count). The number of halogens is 2. The average Bonchev–Trinajstić information content (AvgIpc) is 2.69. The van der Waals surface area contributed by atoms with Gasteiger partial charge < -0.3 is 15.4 Å². The van der Waals surface area contributed by atoms with Crippen LogP contribution in [0.3, 0.4) is 0 Å². The molecular formula is C19H16F2N4O2. The summed E-state index contributed by atoms with van der Waals surface area (Å²) < 4.78 is 31.3. The number of rotatable bonds is 6. The van der Waals surface area contributed by atoms with E-state index in [2.05, 4.69) is 20.6 Å². The van der Waals surface area contributed by atoms with Gasteiger partial charge in [-0.3, -0.25) is 9.97 Å². The van der Waals surface area contributed by atoms with Crippen LogP contribution in [0, 0.1) is 5.82 Å². The number of anilines is 1. The summed E-state index contributed by atoms with van der Waals surface area (Å²) in [5.41, 5.74) is 1.10. The van der Waals surface area contributed by atoms with E-state index in [1.54, 1.807) is 30.5 Å². The number of nitrogens with one attached hydrogen (secondary N) is 2. The van der Waals surface area contributed by atoms with Crippen molar-refractivity contribution in [3.63, 3.8) is 0 Å². The second kappa shape index (κ2) is 8.70. The van der Waals surface area contributed by atoms with Crippen LogP contribution in [0.25, 0.3) is 0 Å². The van der Waals surface area contributed by atoms with E-state index >= 15 is 0 Å².